The number of esters is 1. The lowest BCUT2D eigenvalue weighted by Gasteiger charge is -2.28. The molecule has 2 rings (SSSR count). The number of rotatable bonds is 4. The Balaban J connectivity index is 1.83. The first-order chi connectivity index (χ1) is 8.91. The number of hydrogen-bond acceptors (Lipinski definition) is 3. The lowest BCUT2D eigenvalue weighted by Crippen LogP contribution is -2.29. The van der Waals surface area contributed by atoms with Crippen molar-refractivity contribution in [3.05, 3.63) is 0 Å². The Kier molecular flexibility index (Phi) is 4.54. The highest BCUT2D eigenvalue weighted by Crippen LogP contribution is 2.38. The Hall–Kier alpha value is -0.570. The van der Waals surface area contributed by atoms with E-state index in [1.54, 1.807) is 0 Å². The van der Waals surface area contributed by atoms with Gasteiger partial charge in [-0.15, -0.1) is 0 Å². The van der Waals surface area contributed by atoms with Crippen LogP contribution in [0.4, 0.5) is 0 Å². The summed E-state index contributed by atoms with van der Waals surface area (Å²) in [6.45, 7) is 8.86. The molecule has 19 heavy (non-hydrogen) atoms. The largest absolute Gasteiger partial charge is 0.462 e. The predicted octanol–water partition coefficient (Wildman–Crippen LogP) is 3.70. The Labute approximate surface area is 117 Å². The molecule has 0 radical (unpaired) electrons. The van der Waals surface area contributed by atoms with Gasteiger partial charge in [0.1, 0.15) is 6.10 Å². The molecule has 2 aliphatic rings. The fourth-order valence-corrected chi connectivity index (χ4v) is 3.19. The zero-order valence-electron chi connectivity index (χ0n) is 12.8. The third kappa shape index (κ3) is 4.20. The number of carbonyl (C=O) groups is 1. The van der Waals surface area contributed by atoms with Crippen LogP contribution in [0.5, 0.6) is 0 Å². The molecule has 1 heterocycles. The molecule has 0 aromatic carbocycles. The lowest BCUT2D eigenvalue weighted by atomic mass is 9.83. The summed E-state index contributed by atoms with van der Waals surface area (Å²) >= 11 is 0. The van der Waals surface area contributed by atoms with Gasteiger partial charge >= 0.3 is 5.97 Å². The minimum absolute atomic E-state index is 0.0736. The minimum atomic E-state index is -0.0736. The molecule has 0 aromatic rings. The van der Waals surface area contributed by atoms with Crippen molar-refractivity contribution in [3.63, 3.8) is 0 Å². The van der Waals surface area contributed by atoms with Gasteiger partial charge in [-0.25, -0.2) is 0 Å². The van der Waals surface area contributed by atoms with Crippen molar-refractivity contribution in [1.82, 2.24) is 0 Å². The summed E-state index contributed by atoms with van der Waals surface area (Å²) in [4.78, 5) is 12.0. The second-order valence-electron chi connectivity index (χ2n) is 7.09. The third-order valence-corrected chi connectivity index (χ3v) is 4.64. The van der Waals surface area contributed by atoms with Crippen molar-refractivity contribution in [1.29, 1.82) is 0 Å². The van der Waals surface area contributed by atoms with Crippen LogP contribution in [0.25, 0.3) is 0 Å². The van der Waals surface area contributed by atoms with Crippen LogP contribution >= 0.6 is 0 Å². The van der Waals surface area contributed by atoms with E-state index in [-0.39, 0.29) is 29.7 Å². The lowest BCUT2D eigenvalue weighted by molar-refractivity contribution is -0.153. The Bertz CT molecular complexity index is 324. The summed E-state index contributed by atoms with van der Waals surface area (Å²) in [6, 6.07) is 0. The fourth-order valence-electron chi connectivity index (χ4n) is 3.19. The van der Waals surface area contributed by atoms with Gasteiger partial charge in [0.15, 0.2) is 0 Å². The highest BCUT2D eigenvalue weighted by atomic mass is 16.6. The van der Waals surface area contributed by atoms with Gasteiger partial charge in [0.2, 0.25) is 0 Å². The van der Waals surface area contributed by atoms with E-state index in [0.717, 1.165) is 12.8 Å². The van der Waals surface area contributed by atoms with Crippen LogP contribution in [0.2, 0.25) is 0 Å². The molecule has 1 saturated carbocycles. The van der Waals surface area contributed by atoms with E-state index in [2.05, 4.69) is 27.7 Å². The molecule has 1 aliphatic heterocycles. The van der Waals surface area contributed by atoms with Crippen molar-refractivity contribution in [3.8, 4) is 0 Å². The third-order valence-electron chi connectivity index (χ3n) is 4.64. The van der Waals surface area contributed by atoms with Crippen LogP contribution in [0.3, 0.4) is 0 Å². The molecule has 1 aliphatic carbocycles. The Morgan fingerprint density at radius 3 is 2.74 bits per heavy atom. The number of ether oxygens (including phenoxy) is 2. The second kappa shape index (κ2) is 5.82. The van der Waals surface area contributed by atoms with Crippen molar-refractivity contribution in [2.75, 3.05) is 0 Å². The topological polar surface area (TPSA) is 38.8 Å². The highest BCUT2D eigenvalue weighted by Gasteiger charge is 2.40. The predicted molar refractivity (Wildman–Crippen MR) is 74.9 cm³/mol. The first-order valence-corrected chi connectivity index (χ1v) is 7.76. The minimum Gasteiger partial charge on any atom is -0.462 e. The summed E-state index contributed by atoms with van der Waals surface area (Å²) < 4.78 is 11.2. The number of hydrogen-bond donors (Lipinski definition) is 0. The van der Waals surface area contributed by atoms with Gasteiger partial charge in [-0.3, -0.25) is 4.79 Å². The normalized spacial score (nSPS) is 37.5. The maximum atomic E-state index is 12.0. The Morgan fingerprint density at radius 2 is 2.11 bits per heavy atom. The van der Waals surface area contributed by atoms with Crippen LogP contribution in [-0.2, 0) is 14.3 Å². The van der Waals surface area contributed by atoms with Gasteiger partial charge in [0.05, 0.1) is 18.6 Å². The molecule has 0 amide bonds. The summed E-state index contributed by atoms with van der Waals surface area (Å²) in [5.41, 5.74) is 0.289. The van der Waals surface area contributed by atoms with Crippen LogP contribution in [0.15, 0.2) is 0 Å². The van der Waals surface area contributed by atoms with Gasteiger partial charge in [-0.1, -0.05) is 34.1 Å². The van der Waals surface area contributed by atoms with Crippen LogP contribution in [0, 0.1) is 11.3 Å². The highest BCUT2D eigenvalue weighted by molar-refractivity contribution is 5.70. The van der Waals surface area contributed by atoms with E-state index in [1.807, 2.05) is 0 Å². The standard InChI is InChI=1S/C16H28O3/c1-5-12-13(18-12)9-15(17)19-14-10-16(3,4)8-6-7-11(14)2/h11-14H,5-10H2,1-4H3. The molecule has 0 aromatic heterocycles. The molecule has 110 valence electrons. The van der Waals surface area contributed by atoms with Gasteiger partial charge in [0, 0.05) is 0 Å². The summed E-state index contributed by atoms with van der Waals surface area (Å²) in [5.74, 6) is 0.406. The molecular weight excluding hydrogens is 240 g/mol. The summed E-state index contributed by atoms with van der Waals surface area (Å²) in [5, 5.41) is 0. The number of carbonyl (C=O) groups excluding carboxylic acids is 1. The maximum absolute atomic E-state index is 12.0. The molecule has 0 spiro atoms. The molecule has 0 bridgehead atoms. The van der Waals surface area contributed by atoms with Crippen molar-refractivity contribution >= 4 is 5.97 Å². The summed E-state index contributed by atoms with van der Waals surface area (Å²) in [6.07, 6.45) is 6.54. The van der Waals surface area contributed by atoms with E-state index < -0.39 is 0 Å². The quantitative estimate of drug-likeness (QED) is 0.443. The molecule has 4 atom stereocenters. The zero-order chi connectivity index (χ0) is 14.0. The van der Waals surface area contributed by atoms with Gasteiger partial charge in [-0.2, -0.15) is 0 Å². The zero-order valence-corrected chi connectivity index (χ0v) is 12.8. The Morgan fingerprint density at radius 1 is 1.37 bits per heavy atom. The maximum Gasteiger partial charge on any atom is 0.308 e. The first-order valence-electron chi connectivity index (χ1n) is 7.76. The smallest absolute Gasteiger partial charge is 0.308 e. The average Bonchev–Trinajstić information content (AvgIpc) is 3.06. The van der Waals surface area contributed by atoms with Crippen LogP contribution < -0.4 is 0 Å². The first kappa shape index (κ1) is 14.8. The fraction of sp³-hybridized carbons (Fsp3) is 0.938. The molecule has 2 fully saturated rings. The van der Waals surface area contributed by atoms with E-state index >= 15 is 0 Å². The van der Waals surface area contributed by atoms with Crippen molar-refractivity contribution < 1.29 is 14.3 Å². The van der Waals surface area contributed by atoms with Crippen molar-refractivity contribution in [2.45, 2.75) is 84.5 Å². The molecule has 3 heteroatoms. The van der Waals surface area contributed by atoms with E-state index in [9.17, 15) is 4.79 Å². The molecule has 0 N–H and O–H groups in total. The van der Waals surface area contributed by atoms with Crippen molar-refractivity contribution in [2.24, 2.45) is 11.3 Å². The van der Waals surface area contributed by atoms with E-state index in [1.165, 1.54) is 19.3 Å². The number of epoxide rings is 1. The average molecular weight is 268 g/mol. The van der Waals surface area contributed by atoms with Crippen LogP contribution in [0.1, 0.15) is 66.2 Å². The second-order valence-corrected chi connectivity index (χ2v) is 7.09. The summed E-state index contributed by atoms with van der Waals surface area (Å²) in [7, 11) is 0. The van der Waals surface area contributed by atoms with Gasteiger partial charge in [0.25, 0.3) is 0 Å². The van der Waals surface area contributed by atoms with Gasteiger partial charge < -0.3 is 9.47 Å². The molecule has 4 unspecified atom stereocenters. The van der Waals surface area contributed by atoms with Crippen LogP contribution in [-0.4, -0.2) is 24.3 Å². The SMILES string of the molecule is CCC1OC1CC(=O)OC1CC(C)(C)CCCC1C. The van der Waals surface area contributed by atoms with Gasteiger partial charge in [-0.05, 0) is 37.0 Å². The monoisotopic (exact) mass is 268 g/mol. The van der Waals surface area contributed by atoms with E-state index in [4.69, 9.17) is 9.47 Å². The molecule has 3 nitrogen and oxygen atoms in total. The molecular formula is C16H28O3. The van der Waals surface area contributed by atoms with E-state index in [0.29, 0.717) is 12.3 Å². The molecule has 1 saturated heterocycles.